The van der Waals surface area contributed by atoms with Crippen molar-refractivity contribution in [2.45, 2.75) is 0 Å². The van der Waals surface area contributed by atoms with Gasteiger partial charge >= 0.3 is 0 Å². The van der Waals surface area contributed by atoms with Crippen molar-refractivity contribution in [1.29, 1.82) is 0 Å². The molecule has 0 saturated heterocycles. The number of amides is 1. The summed E-state index contributed by atoms with van der Waals surface area (Å²) in [6.45, 7) is 0. The lowest BCUT2D eigenvalue weighted by molar-refractivity contribution is 0.0827. The highest BCUT2D eigenvalue weighted by atomic mass is 35.5. The van der Waals surface area contributed by atoms with Gasteiger partial charge in [-0.3, -0.25) is 4.79 Å². The van der Waals surface area contributed by atoms with E-state index in [1.165, 1.54) is 11.1 Å². The van der Waals surface area contributed by atoms with Crippen LogP contribution in [0.5, 0.6) is 0 Å². The highest BCUT2D eigenvalue weighted by molar-refractivity contribution is 6.33. The lowest BCUT2D eigenvalue weighted by atomic mass is 10.1. The summed E-state index contributed by atoms with van der Waals surface area (Å²) in [5.74, 6) is 0.502. The molecule has 2 N–H and O–H groups in total. The number of nitrogens with zero attached hydrogens (tertiary/aromatic N) is 5. The van der Waals surface area contributed by atoms with Gasteiger partial charge in [-0.05, 0) is 24.3 Å². The number of rotatable bonds is 4. The van der Waals surface area contributed by atoms with Gasteiger partial charge in [-0.2, -0.15) is 0 Å². The minimum absolute atomic E-state index is 0. The van der Waals surface area contributed by atoms with Gasteiger partial charge in [-0.25, -0.2) is 9.97 Å². The number of halogens is 1. The fraction of sp³-hybridized carbons (Fsp3) is 0.0952. The first kappa shape index (κ1) is 19.5. The number of hydrogen-bond acceptors (Lipinski definition) is 7. The number of aromatic nitrogens is 4. The molecule has 4 rings (SSSR count). The van der Waals surface area contributed by atoms with Crippen LogP contribution in [0.15, 0.2) is 59.1 Å². The minimum atomic E-state index is -0.146. The molecule has 9 heteroatoms. The molecule has 2 aromatic heterocycles. The smallest absolute Gasteiger partial charge is 0.270 e. The average molecular weight is 423 g/mol. The number of carbonyl (C=O) groups is 1. The van der Waals surface area contributed by atoms with Gasteiger partial charge in [0.2, 0.25) is 5.89 Å². The molecular formula is C21H19ClN6O2. The van der Waals surface area contributed by atoms with Crippen LogP contribution in [0.1, 0.15) is 11.8 Å². The largest absolute Gasteiger partial charge is 0.414 e. The Labute approximate surface area is 178 Å². The van der Waals surface area contributed by atoms with Crippen molar-refractivity contribution in [1.82, 2.24) is 25.1 Å². The summed E-state index contributed by atoms with van der Waals surface area (Å²) in [6.07, 6.45) is 1.50. The maximum absolute atomic E-state index is 12.1. The second kappa shape index (κ2) is 7.92. The Morgan fingerprint density at radius 2 is 1.83 bits per heavy atom. The summed E-state index contributed by atoms with van der Waals surface area (Å²) in [5, 5.41) is 8.48. The van der Waals surface area contributed by atoms with Crippen LogP contribution in [0.4, 0.5) is 5.82 Å². The highest BCUT2D eigenvalue weighted by Crippen LogP contribution is 2.31. The lowest BCUT2D eigenvalue weighted by Crippen LogP contribution is -2.21. The third kappa shape index (κ3) is 3.72. The van der Waals surface area contributed by atoms with E-state index in [4.69, 9.17) is 21.8 Å². The van der Waals surface area contributed by atoms with Crippen molar-refractivity contribution >= 4 is 23.3 Å². The van der Waals surface area contributed by atoms with Gasteiger partial charge in [0.1, 0.15) is 0 Å². The van der Waals surface area contributed by atoms with Gasteiger partial charge in [-0.1, -0.05) is 35.9 Å². The SMILES string of the molecule is CN(C)C(=O)c1ccc(-c2cnc(N)c(-c3nnc(-c4ccccc4)o3)n2)c(Cl)c1.[HH]. The molecule has 0 aliphatic rings. The van der Waals surface area contributed by atoms with Gasteiger partial charge in [0.05, 0.1) is 16.9 Å². The number of nitrogen functional groups attached to an aromatic ring is 1. The molecule has 0 atom stereocenters. The molecule has 0 aliphatic heterocycles. The van der Waals surface area contributed by atoms with Crippen LogP contribution in [0.2, 0.25) is 5.02 Å². The molecule has 0 unspecified atom stereocenters. The molecule has 30 heavy (non-hydrogen) atoms. The predicted octanol–water partition coefficient (Wildman–Crippen LogP) is 4.04. The van der Waals surface area contributed by atoms with Gasteiger partial charge in [0.25, 0.3) is 11.8 Å². The molecule has 2 heterocycles. The van der Waals surface area contributed by atoms with Crippen LogP contribution in [-0.4, -0.2) is 45.1 Å². The predicted molar refractivity (Wildman–Crippen MR) is 116 cm³/mol. The Morgan fingerprint density at radius 1 is 1.10 bits per heavy atom. The van der Waals surface area contributed by atoms with Crippen molar-refractivity contribution in [3.63, 3.8) is 0 Å². The molecule has 0 spiro atoms. The van der Waals surface area contributed by atoms with Crippen LogP contribution in [-0.2, 0) is 0 Å². The van der Waals surface area contributed by atoms with E-state index >= 15 is 0 Å². The Bertz CT molecular complexity index is 1230. The fourth-order valence-corrected chi connectivity index (χ4v) is 3.09. The van der Waals surface area contributed by atoms with Crippen molar-refractivity contribution in [3.8, 4) is 34.3 Å². The monoisotopic (exact) mass is 422 g/mol. The molecule has 2 aromatic carbocycles. The molecule has 8 nitrogen and oxygen atoms in total. The molecular weight excluding hydrogens is 404 g/mol. The van der Waals surface area contributed by atoms with Gasteiger partial charge < -0.3 is 15.1 Å². The first-order valence-corrected chi connectivity index (χ1v) is 9.35. The van der Waals surface area contributed by atoms with Gasteiger partial charge in [0.15, 0.2) is 11.5 Å². The van der Waals surface area contributed by atoms with Crippen molar-refractivity contribution < 1.29 is 10.6 Å². The summed E-state index contributed by atoms with van der Waals surface area (Å²) in [4.78, 5) is 22.3. The number of anilines is 1. The maximum atomic E-state index is 12.1. The summed E-state index contributed by atoms with van der Waals surface area (Å²) in [5.41, 5.74) is 8.57. The van der Waals surface area contributed by atoms with Gasteiger partial charge in [0, 0.05) is 32.2 Å². The number of nitrogens with two attached hydrogens (primary N) is 1. The quantitative estimate of drug-likeness (QED) is 0.528. The maximum Gasteiger partial charge on any atom is 0.270 e. The molecule has 152 valence electrons. The second-order valence-electron chi connectivity index (χ2n) is 6.66. The molecule has 0 bridgehead atoms. The standard InChI is InChI=1S/C21H17ClN6O2.H2/c1-28(2)21(29)13-8-9-14(15(22)10-13)16-11-24-18(23)17(25-16)20-27-26-19(30-20)12-6-4-3-5-7-12;/h3-11H,1-2H3,(H2,23,24);1H. The van der Waals surface area contributed by atoms with Crippen LogP contribution in [0.3, 0.4) is 0 Å². The first-order chi connectivity index (χ1) is 14.4. The van der Waals surface area contributed by atoms with E-state index in [2.05, 4.69) is 20.2 Å². The van der Waals surface area contributed by atoms with E-state index in [-0.39, 0.29) is 24.7 Å². The first-order valence-electron chi connectivity index (χ1n) is 8.97. The van der Waals surface area contributed by atoms with Crippen LogP contribution < -0.4 is 5.73 Å². The van der Waals surface area contributed by atoms with Crippen LogP contribution in [0.25, 0.3) is 34.3 Å². The zero-order valence-corrected chi connectivity index (χ0v) is 17.0. The van der Waals surface area contributed by atoms with E-state index in [0.29, 0.717) is 27.7 Å². The van der Waals surface area contributed by atoms with Gasteiger partial charge in [-0.15, -0.1) is 10.2 Å². The minimum Gasteiger partial charge on any atom is -0.414 e. The van der Waals surface area contributed by atoms with E-state index in [1.807, 2.05) is 30.3 Å². The molecule has 1 amide bonds. The summed E-state index contributed by atoms with van der Waals surface area (Å²) < 4.78 is 5.75. The zero-order valence-electron chi connectivity index (χ0n) is 16.2. The van der Waals surface area contributed by atoms with E-state index in [1.54, 1.807) is 32.3 Å². The molecule has 4 aromatic rings. The van der Waals surface area contributed by atoms with Crippen molar-refractivity contribution in [3.05, 3.63) is 65.3 Å². The number of carbonyl (C=O) groups excluding carboxylic acids is 1. The Balaban J connectivity index is 0.00000272. The number of benzene rings is 2. The zero-order chi connectivity index (χ0) is 21.3. The molecule has 0 aliphatic carbocycles. The van der Waals surface area contributed by atoms with Crippen molar-refractivity contribution in [2.75, 3.05) is 19.8 Å². The topological polar surface area (TPSA) is 111 Å². The average Bonchev–Trinajstić information content (AvgIpc) is 3.24. The van der Waals surface area contributed by atoms with E-state index in [9.17, 15) is 4.79 Å². The van der Waals surface area contributed by atoms with E-state index < -0.39 is 0 Å². The summed E-state index contributed by atoms with van der Waals surface area (Å²) in [7, 11) is 3.35. The second-order valence-corrected chi connectivity index (χ2v) is 7.07. The van der Waals surface area contributed by atoms with Crippen LogP contribution in [0, 0.1) is 0 Å². The van der Waals surface area contributed by atoms with Crippen molar-refractivity contribution in [2.24, 2.45) is 0 Å². The summed E-state index contributed by atoms with van der Waals surface area (Å²) >= 11 is 6.41. The summed E-state index contributed by atoms with van der Waals surface area (Å²) in [6, 6.07) is 14.4. The Kier molecular flexibility index (Phi) is 5.16. The molecule has 0 saturated carbocycles. The third-order valence-corrected chi connectivity index (χ3v) is 4.66. The third-order valence-electron chi connectivity index (χ3n) is 4.35. The van der Waals surface area contributed by atoms with E-state index in [0.717, 1.165) is 5.56 Å². The van der Waals surface area contributed by atoms with Crippen LogP contribution >= 0.6 is 11.6 Å². The Hall–Kier alpha value is -3.78. The normalized spacial score (nSPS) is 10.8. The molecule has 0 radical (unpaired) electrons. The fourth-order valence-electron chi connectivity index (χ4n) is 2.82. The Morgan fingerprint density at radius 3 is 2.53 bits per heavy atom. The molecule has 0 fully saturated rings. The lowest BCUT2D eigenvalue weighted by Gasteiger charge is -2.12. The number of hydrogen-bond donors (Lipinski definition) is 1. The highest BCUT2D eigenvalue weighted by Gasteiger charge is 2.18.